The number of benzene rings is 1. The zero-order chi connectivity index (χ0) is 15.2. The van der Waals surface area contributed by atoms with Gasteiger partial charge >= 0.3 is 0 Å². The van der Waals surface area contributed by atoms with Gasteiger partial charge in [-0.1, -0.05) is 29.3 Å². The minimum Gasteiger partial charge on any atom is -0.482 e. The Balaban J connectivity index is 1.78. The molecule has 1 aromatic heterocycles. The first-order valence-corrected chi connectivity index (χ1v) is 7.40. The Morgan fingerprint density at radius 1 is 1.19 bits per heavy atom. The largest absolute Gasteiger partial charge is 0.482 e. The van der Waals surface area contributed by atoms with Crippen molar-refractivity contribution >= 4 is 46.4 Å². The summed E-state index contributed by atoms with van der Waals surface area (Å²) in [6.07, 6.45) is 0. The molecule has 0 spiro atoms. The maximum Gasteiger partial charge on any atom is 0.279 e. The minimum atomic E-state index is -0.508. The lowest BCUT2D eigenvalue weighted by Crippen LogP contribution is -2.43. The third-order valence-corrected chi connectivity index (χ3v) is 3.71. The zero-order valence-corrected chi connectivity index (χ0v) is 12.9. The van der Waals surface area contributed by atoms with Gasteiger partial charge < -0.3 is 4.74 Å². The van der Waals surface area contributed by atoms with Crippen LogP contribution in [0.4, 0.5) is 0 Å². The number of carbonyl (C=O) groups is 2. The van der Waals surface area contributed by atoms with E-state index in [2.05, 4.69) is 10.9 Å². The van der Waals surface area contributed by atoms with Gasteiger partial charge in [0, 0.05) is 5.02 Å². The van der Waals surface area contributed by atoms with Crippen molar-refractivity contribution in [3.63, 3.8) is 0 Å². The lowest BCUT2D eigenvalue weighted by molar-refractivity contribution is -0.123. The van der Waals surface area contributed by atoms with E-state index in [9.17, 15) is 9.59 Å². The summed E-state index contributed by atoms with van der Waals surface area (Å²) < 4.78 is 5.23. The predicted molar refractivity (Wildman–Crippen MR) is 81.9 cm³/mol. The van der Waals surface area contributed by atoms with E-state index in [4.69, 9.17) is 27.9 Å². The number of amides is 2. The van der Waals surface area contributed by atoms with Crippen LogP contribution in [0.25, 0.3) is 0 Å². The topological polar surface area (TPSA) is 67.4 Å². The first-order valence-electron chi connectivity index (χ1n) is 5.77. The van der Waals surface area contributed by atoms with Crippen LogP contribution in [0.2, 0.25) is 10.0 Å². The maximum absolute atomic E-state index is 11.6. The molecule has 2 aromatic rings. The highest BCUT2D eigenvalue weighted by Crippen LogP contribution is 2.27. The molecule has 1 heterocycles. The summed E-state index contributed by atoms with van der Waals surface area (Å²) in [7, 11) is 0. The molecule has 5 nitrogen and oxygen atoms in total. The summed E-state index contributed by atoms with van der Waals surface area (Å²) in [5.74, 6) is -0.561. The molecule has 0 fully saturated rings. The summed E-state index contributed by atoms with van der Waals surface area (Å²) >= 11 is 12.9. The Bertz CT molecular complexity index is 647. The first kappa shape index (κ1) is 15.6. The average molecular weight is 345 g/mol. The van der Waals surface area contributed by atoms with E-state index in [1.807, 2.05) is 0 Å². The second kappa shape index (κ2) is 7.31. The summed E-state index contributed by atoms with van der Waals surface area (Å²) in [5, 5.41) is 2.54. The fraction of sp³-hybridized carbons (Fsp3) is 0.0769. The molecule has 0 saturated heterocycles. The quantitative estimate of drug-likeness (QED) is 0.838. The van der Waals surface area contributed by atoms with Crippen molar-refractivity contribution in [3.05, 3.63) is 50.6 Å². The molecule has 0 unspecified atom stereocenters. The van der Waals surface area contributed by atoms with E-state index < -0.39 is 5.91 Å². The van der Waals surface area contributed by atoms with Crippen LogP contribution in [0, 0.1) is 0 Å². The van der Waals surface area contributed by atoms with Crippen molar-refractivity contribution in [2.75, 3.05) is 6.61 Å². The normalized spacial score (nSPS) is 10.0. The number of rotatable bonds is 4. The van der Waals surface area contributed by atoms with Crippen molar-refractivity contribution in [3.8, 4) is 5.75 Å². The van der Waals surface area contributed by atoms with Gasteiger partial charge in [-0.15, -0.1) is 11.3 Å². The molecule has 0 bridgehead atoms. The van der Waals surface area contributed by atoms with Gasteiger partial charge in [0.05, 0.1) is 9.90 Å². The van der Waals surface area contributed by atoms with Crippen molar-refractivity contribution in [1.82, 2.24) is 10.9 Å². The molecule has 2 rings (SSSR count). The number of carbonyl (C=O) groups excluding carboxylic acids is 2. The Hall–Kier alpha value is -1.76. The second-order valence-electron chi connectivity index (χ2n) is 3.84. The van der Waals surface area contributed by atoms with E-state index in [0.717, 1.165) is 0 Å². The van der Waals surface area contributed by atoms with Gasteiger partial charge in [-0.3, -0.25) is 20.4 Å². The smallest absolute Gasteiger partial charge is 0.279 e. The van der Waals surface area contributed by atoms with Gasteiger partial charge in [-0.2, -0.15) is 0 Å². The van der Waals surface area contributed by atoms with Crippen molar-refractivity contribution in [1.29, 1.82) is 0 Å². The standard InChI is InChI=1S/C13H10Cl2N2O3S/c14-8-3-4-10(9(15)6-8)20-7-12(18)16-17-13(19)11-2-1-5-21-11/h1-6H,7H2,(H,16,18)(H,17,19). The first-order chi connectivity index (χ1) is 10.1. The van der Waals surface area contributed by atoms with Gasteiger partial charge in [0.25, 0.3) is 11.8 Å². The van der Waals surface area contributed by atoms with Gasteiger partial charge in [0.1, 0.15) is 5.75 Å². The molecular formula is C13H10Cl2N2O3S. The summed E-state index contributed by atoms with van der Waals surface area (Å²) in [4.78, 5) is 23.6. The Labute approximate surface area is 134 Å². The molecule has 2 amide bonds. The predicted octanol–water partition coefficient (Wildman–Crippen LogP) is 2.89. The third kappa shape index (κ3) is 4.63. The van der Waals surface area contributed by atoms with E-state index in [-0.39, 0.29) is 12.5 Å². The molecule has 110 valence electrons. The Morgan fingerprint density at radius 2 is 2.00 bits per heavy atom. The molecular weight excluding hydrogens is 335 g/mol. The number of hydrazine groups is 1. The molecule has 0 radical (unpaired) electrons. The Morgan fingerprint density at radius 3 is 2.67 bits per heavy atom. The molecule has 0 atom stereocenters. The molecule has 0 aliphatic carbocycles. The van der Waals surface area contributed by atoms with E-state index >= 15 is 0 Å². The van der Waals surface area contributed by atoms with Crippen LogP contribution in [0.1, 0.15) is 9.67 Å². The zero-order valence-electron chi connectivity index (χ0n) is 10.6. The molecule has 21 heavy (non-hydrogen) atoms. The Kier molecular flexibility index (Phi) is 5.44. The number of halogens is 2. The van der Waals surface area contributed by atoms with Crippen molar-refractivity contribution < 1.29 is 14.3 Å². The molecule has 1 aromatic carbocycles. The van der Waals surface area contributed by atoms with Crippen LogP contribution in [0.5, 0.6) is 5.75 Å². The average Bonchev–Trinajstić information content (AvgIpc) is 2.98. The lowest BCUT2D eigenvalue weighted by atomic mass is 10.3. The molecule has 0 saturated carbocycles. The second-order valence-corrected chi connectivity index (χ2v) is 5.63. The monoisotopic (exact) mass is 344 g/mol. The molecule has 0 aliphatic rings. The van der Waals surface area contributed by atoms with E-state index in [1.165, 1.54) is 17.4 Å². The SMILES string of the molecule is O=C(COc1ccc(Cl)cc1Cl)NNC(=O)c1cccs1. The van der Waals surface area contributed by atoms with E-state index in [0.29, 0.717) is 20.7 Å². The maximum atomic E-state index is 11.6. The highest BCUT2D eigenvalue weighted by molar-refractivity contribution is 7.12. The summed E-state index contributed by atoms with van der Waals surface area (Å²) in [6, 6.07) is 8.06. The van der Waals surface area contributed by atoms with Gasteiger partial charge in [0.15, 0.2) is 6.61 Å². The minimum absolute atomic E-state index is 0.286. The number of thiophene rings is 1. The molecule has 8 heteroatoms. The fourth-order valence-corrected chi connectivity index (χ4v) is 2.45. The lowest BCUT2D eigenvalue weighted by Gasteiger charge is -2.09. The molecule has 0 aliphatic heterocycles. The van der Waals surface area contributed by atoms with Crippen molar-refractivity contribution in [2.45, 2.75) is 0 Å². The number of hydrogen-bond donors (Lipinski definition) is 2. The number of nitrogens with one attached hydrogen (secondary N) is 2. The number of hydrogen-bond acceptors (Lipinski definition) is 4. The van der Waals surface area contributed by atoms with E-state index in [1.54, 1.807) is 29.6 Å². The molecule has 2 N–H and O–H groups in total. The van der Waals surface area contributed by atoms with Gasteiger partial charge in [-0.05, 0) is 29.6 Å². The van der Waals surface area contributed by atoms with Crippen LogP contribution >= 0.6 is 34.5 Å². The van der Waals surface area contributed by atoms with Crippen LogP contribution in [-0.2, 0) is 4.79 Å². The van der Waals surface area contributed by atoms with Crippen LogP contribution in [0.3, 0.4) is 0 Å². The van der Waals surface area contributed by atoms with Crippen molar-refractivity contribution in [2.24, 2.45) is 0 Å². The number of ether oxygens (including phenoxy) is 1. The third-order valence-electron chi connectivity index (χ3n) is 2.31. The van der Waals surface area contributed by atoms with Crippen LogP contribution in [-0.4, -0.2) is 18.4 Å². The fourth-order valence-electron chi connectivity index (χ4n) is 1.37. The van der Waals surface area contributed by atoms with Crippen LogP contribution in [0.15, 0.2) is 35.7 Å². The van der Waals surface area contributed by atoms with Gasteiger partial charge in [-0.25, -0.2) is 0 Å². The van der Waals surface area contributed by atoms with Crippen LogP contribution < -0.4 is 15.6 Å². The summed E-state index contributed by atoms with van der Waals surface area (Å²) in [5.41, 5.74) is 4.53. The summed E-state index contributed by atoms with van der Waals surface area (Å²) in [6.45, 7) is -0.286. The highest BCUT2D eigenvalue weighted by Gasteiger charge is 2.09. The van der Waals surface area contributed by atoms with Gasteiger partial charge in [0.2, 0.25) is 0 Å². The highest BCUT2D eigenvalue weighted by atomic mass is 35.5.